The van der Waals surface area contributed by atoms with E-state index in [0.717, 1.165) is 37.2 Å². The second kappa shape index (κ2) is 6.55. The SMILES string of the molecule is Cc1cnc(Nc2cnn(CC(=O)N3CCCCC3)c2)nc1. The number of amides is 1. The van der Waals surface area contributed by atoms with Gasteiger partial charge in [0, 0.05) is 31.7 Å². The van der Waals surface area contributed by atoms with Gasteiger partial charge in [0.15, 0.2) is 0 Å². The summed E-state index contributed by atoms with van der Waals surface area (Å²) in [7, 11) is 0. The van der Waals surface area contributed by atoms with Crippen LogP contribution in [0.15, 0.2) is 24.8 Å². The summed E-state index contributed by atoms with van der Waals surface area (Å²) >= 11 is 0. The number of rotatable bonds is 4. The number of hydrogen-bond acceptors (Lipinski definition) is 5. The number of anilines is 2. The molecule has 0 radical (unpaired) electrons. The van der Waals surface area contributed by atoms with Gasteiger partial charge in [-0.25, -0.2) is 9.97 Å². The zero-order valence-corrected chi connectivity index (χ0v) is 12.7. The van der Waals surface area contributed by atoms with Crippen LogP contribution in [-0.4, -0.2) is 43.6 Å². The topological polar surface area (TPSA) is 75.9 Å². The third kappa shape index (κ3) is 3.60. The predicted molar refractivity (Wildman–Crippen MR) is 82.7 cm³/mol. The van der Waals surface area contributed by atoms with Crippen LogP contribution in [0.3, 0.4) is 0 Å². The third-order valence-corrected chi connectivity index (χ3v) is 3.68. The van der Waals surface area contributed by atoms with Crippen molar-refractivity contribution in [2.45, 2.75) is 32.7 Å². The molecule has 0 bridgehead atoms. The monoisotopic (exact) mass is 300 g/mol. The van der Waals surface area contributed by atoms with Gasteiger partial charge in [0.1, 0.15) is 6.54 Å². The Labute approximate surface area is 129 Å². The molecule has 0 atom stereocenters. The van der Waals surface area contributed by atoms with Crippen LogP contribution < -0.4 is 5.32 Å². The van der Waals surface area contributed by atoms with E-state index in [-0.39, 0.29) is 12.5 Å². The van der Waals surface area contributed by atoms with Gasteiger partial charge >= 0.3 is 0 Å². The maximum absolute atomic E-state index is 12.2. The molecule has 7 nitrogen and oxygen atoms in total. The summed E-state index contributed by atoms with van der Waals surface area (Å²) in [5.41, 5.74) is 1.78. The molecule has 2 aromatic rings. The van der Waals surface area contributed by atoms with Gasteiger partial charge in [-0.3, -0.25) is 9.48 Å². The summed E-state index contributed by atoms with van der Waals surface area (Å²) in [6.07, 6.45) is 10.4. The van der Waals surface area contributed by atoms with E-state index < -0.39 is 0 Å². The highest BCUT2D eigenvalue weighted by molar-refractivity contribution is 5.76. The second-order valence-corrected chi connectivity index (χ2v) is 5.58. The Bertz CT molecular complexity index is 630. The number of hydrogen-bond donors (Lipinski definition) is 1. The number of nitrogens with one attached hydrogen (secondary N) is 1. The van der Waals surface area contributed by atoms with E-state index in [1.54, 1.807) is 29.5 Å². The summed E-state index contributed by atoms with van der Waals surface area (Å²) in [5, 5.41) is 7.29. The van der Waals surface area contributed by atoms with Gasteiger partial charge in [0.25, 0.3) is 0 Å². The van der Waals surface area contributed by atoms with Gasteiger partial charge in [0.05, 0.1) is 11.9 Å². The van der Waals surface area contributed by atoms with Gasteiger partial charge in [0.2, 0.25) is 11.9 Å². The molecule has 22 heavy (non-hydrogen) atoms. The Morgan fingerprint density at radius 2 is 1.91 bits per heavy atom. The average Bonchev–Trinajstić information content (AvgIpc) is 2.97. The molecule has 1 amide bonds. The summed E-state index contributed by atoms with van der Waals surface area (Å²) in [5.74, 6) is 0.647. The van der Waals surface area contributed by atoms with Crippen molar-refractivity contribution in [2.75, 3.05) is 18.4 Å². The molecule has 3 heterocycles. The molecule has 1 aliphatic heterocycles. The molecule has 0 aliphatic carbocycles. The molecular formula is C15H20N6O. The summed E-state index contributed by atoms with van der Waals surface area (Å²) in [6.45, 7) is 3.94. The maximum Gasteiger partial charge on any atom is 0.244 e. The zero-order valence-electron chi connectivity index (χ0n) is 12.7. The lowest BCUT2D eigenvalue weighted by molar-refractivity contribution is -0.132. The van der Waals surface area contributed by atoms with Crippen molar-refractivity contribution in [1.82, 2.24) is 24.6 Å². The summed E-state index contributed by atoms with van der Waals surface area (Å²) < 4.78 is 1.65. The smallest absolute Gasteiger partial charge is 0.244 e. The minimum absolute atomic E-state index is 0.126. The zero-order chi connectivity index (χ0) is 15.4. The van der Waals surface area contributed by atoms with E-state index >= 15 is 0 Å². The Balaban J connectivity index is 1.58. The van der Waals surface area contributed by atoms with Gasteiger partial charge in [-0.1, -0.05) is 0 Å². The van der Waals surface area contributed by atoms with Crippen LogP contribution in [0.5, 0.6) is 0 Å². The first-order valence-corrected chi connectivity index (χ1v) is 7.56. The van der Waals surface area contributed by atoms with Crippen molar-refractivity contribution in [3.63, 3.8) is 0 Å². The molecule has 1 fully saturated rings. The highest BCUT2D eigenvalue weighted by atomic mass is 16.2. The Morgan fingerprint density at radius 3 is 2.64 bits per heavy atom. The van der Waals surface area contributed by atoms with Crippen molar-refractivity contribution in [2.24, 2.45) is 0 Å². The van der Waals surface area contributed by atoms with Crippen LogP contribution in [0.1, 0.15) is 24.8 Å². The number of aryl methyl sites for hydroxylation is 1. The van der Waals surface area contributed by atoms with Crippen LogP contribution in [0.2, 0.25) is 0 Å². The minimum atomic E-state index is 0.126. The largest absolute Gasteiger partial charge is 0.341 e. The Hall–Kier alpha value is -2.44. The predicted octanol–water partition coefficient (Wildman–Crippen LogP) is 1.74. The van der Waals surface area contributed by atoms with E-state index in [2.05, 4.69) is 20.4 Å². The fourth-order valence-corrected chi connectivity index (χ4v) is 2.48. The van der Waals surface area contributed by atoms with Crippen molar-refractivity contribution < 1.29 is 4.79 Å². The number of piperidine rings is 1. The maximum atomic E-state index is 12.2. The lowest BCUT2D eigenvalue weighted by Crippen LogP contribution is -2.37. The first-order valence-electron chi connectivity index (χ1n) is 7.56. The molecule has 0 spiro atoms. The van der Waals surface area contributed by atoms with Crippen molar-refractivity contribution >= 4 is 17.5 Å². The molecule has 1 saturated heterocycles. The average molecular weight is 300 g/mol. The third-order valence-electron chi connectivity index (χ3n) is 3.68. The highest BCUT2D eigenvalue weighted by Crippen LogP contribution is 2.13. The lowest BCUT2D eigenvalue weighted by Gasteiger charge is -2.26. The number of carbonyl (C=O) groups is 1. The van der Waals surface area contributed by atoms with Gasteiger partial charge in [-0.15, -0.1) is 0 Å². The lowest BCUT2D eigenvalue weighted by atomic mass is 10.1. The van der Waals surface area contributed by atoms with E-state index in [9.17, 15) is 4.79 Å². The van der Waals surface area contributed by atoms with Crippen molar-refractivity contribution in [1.29, 1.82) is 0 Å². The quantitative estimate of drug-likeness (QED) is 0.930. The van der Waals surface area contributed by atoms with Gasteiger partial charge in [-0.2, -0.15) is 5.10 Å². The molecule has 1 N–H and O–H groups in total. The number of likely N-dealkylation sites (tertiary alicyclic amines) is 1. The first kappa shape index (κ1) is 14.5. The molecule has 0 unspecified atom stereocenters. The molecule has 2 aromatic heterocycles. The van der Waals surface area contributed by atoms with Crippen LogP contribution in [0.25, 0.3) is 0 Å². The van der Waals surface area contributed by atoms with E-state index in [1.165, 1.54) is 6.42 Å². The number of nitrogens with zero attached hydrogens (tertiary/aromatic N) is 5. The highest BCUT2D eigenvalue weighted by Gasteiger charge is 2.17. The van der Waals surface area contributed by atoms with Crippen LogP contribution in [0.4, 0.5) is 11.6 Å². The Morgan fingerprint density at radius 1 is 1.18 bits per heavy atom. The number of aromatic nitrogens is 4. The molecule has 116 valence electrons. The standard InChI is InChI=1S/C15H20N6O/c1-12-7-16-15(17-8-12)19-13-9-18-21(10-13)11-14(22)20-5-3-2-4-6-20/h7-10H,2-6,11H2,1H3,(H,16,17,19). The van der Waals surface area contributed by atoms with Gasteiger partial charge < -0.3 is 10.2 Å². The fourth-order valence-electron chi connectivity index (χ4n) is 2.48. The van der Waals surface area contributed by atoms with Crippen LogP contribution >= 0.6 is 0 Å². The van der Waals surface area contributed by atoms with Crippen LogP contribution in [0, 0.1) is 6.92 Å². The van der Waals surface area contributed by atoms with Crippen molar-refractivity contribution in [3.8, 4) is 0 Å². The Kier molecular flexibility index (Phi) is 4.32. The molecule has 7 heteroatoms. The molecular weight excluding hydrogens is 280 g/mol. The summed E-state index contributed by atoms with van der Waals surface area (Å²) in [6, 6.07) is 0. The van der Waals surface area contributed by atoms with E-state index in [4.69, 9.17) is 0 Å². The van der Waals surface area contributed by atoms with Gasteiger partial charge in [-0.05, 0) is 31.7 Å². The summed E-state index contributed by atoms with van der Waals surface area (Å²) in [4.78, 5) is 22.5. The molecule has 0 aromatic carbocycles. The van der Waals surface area contributed by atoms with Crippen LogP contribution in [-0.2, 0) is 11.3 Å². The number of carbonyl (C=O) groups excluding carboxylic acids is 1. The molecule has 0 saturated carbocycles. The van der Waals surface area contributed by atoms with Crippen molar-refractivity contribution in [3.05, 3.63) is 30.4 Å². The first-order chi connectivity index (χ1) is 10.7. The molecule has 3 rings (SSSR count). The second-order valence-electron chi connectivity index (χ2n) is 5.58. The fraction of sp³-hybridized carbons (Fsp3) is 0.467. The van der Waals surface area contributed by atoms with E-state index in [0.29, 0.717) is 5.95 Å². The normalized spacial score (nSPS) is 14.9. The molecule has 1 aliphatic rings. The van der Waals surface area contributed by atoms with E-state index in [1.807, 2.05) is 11.8 Å². The minimum Gasteiger partial charge on any atom is -0.341 e.